The van der Waals surface area contributed by atoms with Gasteiger partial charge in [0.05, 0.1) is 18.3 Å². The molecule has 0 spiro atoms. The molecule has 0 bridgehead atoms. The summed E-state index contributed by atoms with van der Waals surface area (Å²) < 4.78 is 5.64. The molecule has 1 unspecified atom stereocenters. The molecule has 1 fully saturated rings. The second-order valence-electron chi connectivity index (χ2n) is 5.70. The van der Waals surface area contributed by atoms with Gasteiger partial charge < -0.3 is 15.4 Å². The summed E-state index contributed by atoms with van der Waals surface area (Å²) in [6.07, 6.45) is 2.58. The number of benzene rings is 1. The van der Waals surface area contributed by atoms with Gasteiger partial charge in [-0.25, -0.2) is 9.98 Å². The van der Waals surface area contributed by atoms with Gasteiger partial charge >= 0.3 is 0 Å². The molecule has 1 aromatic heterocycles. The first kappa shape index (κ1) is 16.9. The molecule has 0 aliphatic carbocycles. The molecule has 6 heteroatoms. The minimum atomic E-state index is 0.304. The van der Waals surface area contributed by atoms with Crippen LogP contribution in [-0.4, -0.2) is 36.7 Å². The fourth-order valence-electron chi connectivity index (χ4n) is 2.63. The van der Waals surface area contributed by atoms with E-state index in [0.29, 0.717) is 12.6 Å². The van der Waals surface area contributed by atoms with Crippen molar-refractivity contribution in [1.29, 1.82) is 0 Å². The number of nitrogens with zero attached hydrogens (tertiary/aromatic N) is 2. The third kappa shape index (κ3) is 4.79. The highest BCUT2D eigenvalue weighted by Crippen LogP contribution is 2.21. The summed E-state index contributed by atoms with van der Waals surface area (Å²) >= 11 is 1.65. The average Bonchev–Trinajstić information content (AvgIpc) is 3.30. The van der Waals surface area contributed by atoms with E-state index in [2.05, 4.69) is 45.0 Å². The number of hydrogen-bond acceptors (Lipinski definition) is 4. The summed E-state index contributed by atoms with van der Waals surface area (Å²) in [7, 11) is 0. The topological polar surface area (TPSA) is 58.5 Å². The van der Waals surface area contributed by atoms with E-state index < -0.39 is 0 Å². The van der Waals surface area contributed by atoms with Crippen molar-refractivity contribution >= 4 is 17.3 Å². The molecule has 1 aromatic carbocycles. The molecule has 2 aromatic rings. The number of rotatable bonds is 6. The lowest BCUT2D eigenvalue weighted by atomic mass is 10.2. The lowest BCUT2D eigenvalue weighted by Crippen LogP contribution is -2.41. The molecule has 1 aliphatic rings. The molecular weight excluding hydrogens is 320 g/mol. The van der Waals surface area contributed by atoms with E-state index in [-0.39, 0.29) is 0 Å². The van der Waals surface area contributed by atoms with Crippen LogP contribution in [-0.2, 0) is 11.3 Å². The Kier molecular flexibility index (Phi) is 6.20. The van der Waals surface area contributed by atoms with E-state index in [0.717, 1.165) is 54.8 Å². The molecule has 128 valence electrons. The van der Waals surface area contributed by atoms with Crippen LogP contribution in [0.5, 0.6) is 0 Å². The monoisotopic (exact) mass is 344 g/mol. The summed E-state index contributed by atoms with van der Waals surface area (Å²) in [4.78, 5) is 9.32. The molecule has 1 atom stereocenters. The zero-order chi connectivity index (χ0) is 16.6. The van der Waals surface area contributed by atoms with Crippen molar-refractivity contribution in [3.8, 4) is 11.3 Å². The van der Waals surface area contributed by atoms with Crippen molar-refractivity contribution in [3.05, 3.63) is 40.7 Å². The van der Waals surface area contributed by atoms with E-state index in [1.165, 1.54) is 0 Å². The number of ether oxygens (including phenoxy) is 1. The molecule has 0 radical (unpaired) electrons. The molecule has 0 saturated carbocycles. The molecule has 2 heterocycles. The standard InChI is InChI=1S/C18H24N4OS/c1-2-19-18(20-11-15-9-6-10-23-15)21-12-17-22-16(13-24-17)14-7-4-3-5-8-14/h3-5,7-8,13,15H,2,6,9-12H2,1H3,(H2,19,20,21). The predicted octanol–water partition coefficient (Wildman–Crippen LogP) is 3.04. The Labute approximate surface area is 147 Å². The van der Waals surface area contributed by atoms with Gasteiger partial charge in [-0.2, -0.15) is 0 Å². The van der Waals surface area contributed by atoms with Gasteiger partial charge in [0.15, 0.2) is 5.96 Å². The lowest BCUT2D eigenvalue weighted by Gasteiger charge is -2.14. The van der Waals surface area contributed by atoms with Crippen LogP contribution in [0.2, 0.25) is 0 Å². The van der Waals surface area contributed by atoms with Crippen LogP contribution in [0, 0.1) is 0 Å². The summed E-state index contributed by atoms with van der Waals surface area (Å²) in [5.41, 5.74) is 2.16. The number of guanidine groups is 1. The van der Waals surface area contributed by atoms with Crippen LogP contribution < -0.4 is 10.6 Å². The summed E-state index contributed by atoms with van der Waals surface area (Å²) in [6.45, 7) is 5.17. The molecule has 2 N–H and O–H groups in total. The van der Waals surface area contributed by atoms with Crippen LogP contribution in [0.15, 0.2) is 40.7 Å². The molecule has 3 rings (SSSR count). The van der Waals surface area contributed by atoms with Gasteiger partial charge in [-0.1, -0.05) is 30.3 Å². The van der Waals surface area contributed by atoms with Crippen LogP contribution in [0.4, 0.5) is 0 Å². The maximum Gasteiger partial charge on any atom is 0.191 e. The zero-order valence-electron chi connectivity index (χ0n) is 14.0. The molecule has 1 aliphatic heterocycles. The molecular formula is C18H24N4OS. The molecule has 1 saturated heterocycles. The highest BCUT2D eigenvalue weighted by atomic mass is 32.1. The second-order valence-corrected chi connectivity index (χ2v) is 6.65. The third-order valence-electron chi connectivity index (χ3n) is 3.86. The first-order valence-corrected chi connectivity index (χ1v) is 9.36. The summed E-state index contributed by atoms with van der Waals surface area (Å²) in [6, 6.07) is 10.2. The quantitative estimate of drug-likeness (QED) is 0.625. The second kappa shape index (κ2) is 8.80. The maximum atomic E-state index is 5.64. The van der Waals surface area contributed by atoms with Crippen LogP contribution in [0.3, 0.4) is 0 Å². The Balaban J connectivity index is 1.58. The normalized spacial score (nSPS) is 17.9. The Hall–Kier alpha value is -1.92. The molecule has 0 amide bonds. The van der Waals surface area contributed by atoms with E-state index in [4.69, 9.17) is 4.74 Å². The van der Waals surface area contributed by atoms with Crippen molar-refractivity contribution in [1.82, 2.24) is 15.6 Å². The van der Waals surface area contributed by atoms with E-state index in [1.54, 1.807) is 11.3 Å². The number of aromatic nitrogens is 1. The number of aliphatic imine (C=N–C) groups is 1. The van der Waals surface area contributed by atoms with Crippen molar-refractivity contribution in [3.63, 3.8) is 0 Å². The molecule has 5 nitrogen and oxygen atoms in total. The highest BCUT2D eigenvalue weighted by molar-refractivity contribution is 7.09. The Morgan fingerprint density at radius 3 is 2.96 bits per heavy atom. The van der Waals surface area contributed by atoms with Gasteiger partial charge in [0.2, 0.25) is 0 Å². The van der Waals surface area contributed by atoms with Crippen LogP contribution in [0.25, 0.3) is 11.3 Å². The maximum absolute atomic E-state index is 5.64. The predicted molar refractivity (Wildman–Crippen MR) is 99.3 cm³/mol. The van der Waals surface area contributed by atoms with E-state index >= 15 is 0 Å². The van der Waals surface area contributed by atoms with Crippen molar-refractivity contribution in [2.45, 2.75) is 32.4 Å². The largest absolute Gasteiger partial charge is 0.376 e. The SMILES string of the molecule is CCNC(=NCc1nc(-c2ccccc2)cs1)NCC1CCCO1. The van der Waals surface area contributed by atoms with Crippen molar-refractivity contribution in [2.75, 3.05) is 19.7 Å². The Morgan fingerprint density at radius 1 is 1.33 bits per heavy atom. The summed E-state index contributed by atoms with van der Waals surface area (Å²) in [5, 5.41) is 9.74. The van der Waals surface area contributed by atoms with Gasteiger partial charge in [0.25, 0.3) is 0 Å². The van der Waals surface area contributed by atoms with Crippen LogP contribution in [0.1, 0.15) is 24.8 Å². The fourth-order valence-corrected chi connectivity index (χ4v) is 3.36. The fraction of sp³-hybridized carbons (Fsp3) is 0.444. The Bertz CT molecular complexity index is 650. The Morgan fingerprint density at radius 2 is 2.21 bits per heavy atom. The summed E-state index contributed by atoms with van der Waals surface area (Å²) in [5.74, 6) is 0.824. The highest BCUT2D eigenvalue weighted by Gasteiger charge is 2.15. The minimum Gasteiger partial charge on any atom is -0.376 e. The third-order valence-corrected chi connectivity index (χ3v) is 4.69. The number of nitrogens with one attached hydrogen (secondary N) is 2. The van der Waals surface area contributed by atoms with Crippen molar-refractivity contribution < 1.29 is 4.74 Å². The first-order valence-electron chi connectivity index (χ1n) is 8.48. The molecule has 24 heavy (non-hydrogen) atoms. The van der Waals surface area contributed by atoms with Crippen LogP contribution >= 0.6 is 11.3 Å². The van der Waals surface area contributed by atoms with Gasteiger partial charge in [0, 0.05) is 30.6 Å². The average molecular weight is 344 g/mol. The van der Waals surface area contributed by atoms with Gasteiger partial charge in [-0.05, 0) is 19.8 Å². The lowest BCUT2D eigenvalue weighted by molar-refractivity contribution is 0.114. The van der Waals surface area contributed by atoms with Gasteiger partial charge in [-0.3, -0.25) is 0 Å². The number of thiazole rings is 1. The minimum absolute atomic E-state index is 0.304. The van der Waals surface area contributed by atoms with Gasteiger partial charge in [0.1, 0.15) is 5.01 Å². The number of hydrogen-bond donors (Lipinski definition) is 2. The smallest absolute Gasteiger partial charge is 0.191 e. The van der Waals surface area contributed by atoms with E-state index in [1.807, 2.05) is 18.2 Å². The first-order chi connectivity index (χ1) is 11.8. The zero-order valence-corrected chi connectivity index (χ0v) is 14.8. The van der Waals surface area contributed by atoms with Crippen molar-refractivity contribution in [2.24, 2.45) is 4.99 Å². The van der Waals surface area contributed by atoms with E-state index in [9.17, 15) is 0 Å². The van der Waals surface area contributed by atoms with Gasteiger partial charge in [-0.15, -0.1) is 11.3 Å².